The molecule has 1 heteroatoms. The molecule has 0 spiro atoms. The number of allylic oxidation sites excluding steroid dienone is 4. The van der Waals surface area contributed by atoms with Gasteiger partial charge in [-0.05, 0) is 5.57 Å². The molecule has 11 heavy (non-hydrogen) atoms. The van der Waals surface area contributed by atoms with E-state index in [4.69, 9.17) is 5.73 Å². The SMILES string of the molecule is CC1(C)C=CC=C(CN)C=C1. The number of rotatable bonds is 1. The van der Waals surface area contributed by atoms with Gasteiger partial charge in [0.15, 0.2) is 0 Å². The predicted molar refractivity (Wildman–Crippen MR) is 49.2 cm³/mol. The third-order valence-corrected chi connectivity index (χ3v) is 1.80. The molecule has 0 fully saturated rings. The molecule has 1 nitrogen and oxygen atoms in total. The van der Waals surface area contributed by atoms with Gasteiger partial charge in [-0.25, -0.2) is 0 Å². The lowest BCUT2D eigenvalue weighted by Gasteiger charge is -2.12. The zero-order valence-corrected chi connectivity index (χ0v) is 7.17. The van der Waals surface area contributed by atoms with Crippen LogP contribution in [0.3, 0.4) is 0 Å². The van der Waals surface area contributed by atoms with Crippen molar-refractivity contribution in [3.63, 3.8) is 0 Å². The van der Waals surface area contributed by atoms with Crippen molar-refractivity contribution in [2.24, 2.45) is 11.1 Å². The normalized spacial score (nSPS) is 21.2. The van der Waals surface area contributed by atoms with E-state index in [1.54, 1.807) is 0 Å². The summed E-state index contributed by atoms with van der Waals surface area (Å²) in [6.45, 7) is 4.97. The minimum absolute atomic E-state index is 0.174. The molecule has 0 aromatic carbocycles. The molecule has 1 rings (SSSR count). The van der Waals surface area contributed by atoms with Crippen molar-refractivity contribution >= 4 is 0 Å². The monoisotopic (exact) mass is 149 g/mol. The smallest absolute Gasteiger partial charge is 0.0177 e. The van der Waals surface area contributed by atoms with Crippen molar-refractivity contribution in [1.29, 1.82) is 0 Å². The third-order valence-electron chi connectivity index (χ3n) is 1.80. The summed E-state index contributed by atoms with van der Waals surface area (Å²) in [5.74, 6) is 0. The van der Waals surface area contributed by atoms with E-state index in [0.717, 1.165) is 0 Å². The van der Waals surface area contributed by atoms with E-state index < -0.39 is 0 Å². The fourth-order valence-corrected chi connectivity index (χ4v) is 0.989. The lowest BCUT2D eigenvalue weighted by molar-refractivity contribution is 0.627. The first-order valence-corrected chi connectivity index (χ1v) is 3.92. The Hall–Kier alpha value is -0.820. The standard InChI is InChI=1S/C10H15N/c1-10(2)6-3-4-9(8-11)5-7-10/h3-7H,8,11H2,1-2H3. The molecule has 0 radical (unpaired) electrons. The summed E-state index contributed by atoms with van der Waals surface area (Å²) in [7, 11) is 0. The Balaban J connectivity index is 2.83. The fraction of sp³-hybridized carbons (Fsp3) is 0.400. The van der Waals surface area contributed by atoms with Crippen molar-refractivity contribution in [3.8, 4) is 0 Å². The summed E-state index contributed by atoms with van der Waals surface area (Å²) < 4.78 is 0. The van der Waals surface area contributed by atoms with E-state index in [1.165, 1.54) is 5.57 Å². The van der Waals surface area contributed by atoms with Gasteiger partial charge in [-0.1, -0.05) is 44.2 Å². The minimum Gasteiger partial charge on any atom is -0.326 e. The van der Waals surface area contributed by atoms with Crippen molar-refractivity contribution in [2.75, 3.05) is 6.54 Å². The van der Waals surface area contributed by atoms with E-state index in [2.05, 4.69) is 44.2 Å². The molecule has 1 aliphatic carbocycles. The van der Waals surface area contributed by atoms with Gasteiger partial charge in [-0.3, -0.25) is 0 Å². The lowest BCUT2D eigenvalue weighted by Crippen LogP contribution is -2.02. The van der Waals surface area contributed by atoms with E-state index in [-0.39, 0.29) is 5.41 Å². The molecular formula is C10H15N. The first kappa shape index (κ1) is 8.28. The van der Waals surface area contributed by atoms with Gasteiger partial charge in [0, 0.05) is 12.0 Å². The summed E-state index contributed by atoms with van der Waals surface area (Å²) in [5.41, 5.74) is 6.87. The molecule has 0 atom stereocenters. The van der Waals surface area contributed by atoms with Gasteiger partial charge >= 0.3 is 0 Å². The zero-order valence-electron chi connectivity index (χ0n) is 7.17. The second-order valence-corrected chi connectivity index (χ2v) is 3.46. The summed E-state index contributed by atoms with van der Waals surface area (Å²) in [4.78, 5) is 0. The molecule has 0 bridgehead atoms. The molecule has 2 N–H and O–H groups in total. The van der Waals surface area contributed by atoms with Gasteiger partial charge in [-0.2, -0.15) is 0 Å². The lowest BCUT2D eigenvalue weighted by atomic mass is 9.93. The number of hydrogen-bond donors (Lipinski definition) is 1. The maximum Gasteiger partial charge on any atom is 0.0177 e. The van der Waals surface area contributed by atoms with Crippen LogP contribution in [0.2, 0.25) is 0 Å². The van der Waals surface area contributed by atoms with E-state index in [1.807, 2.05) is 0 Å². The van der Waals surface area contributed by atoms with Gasteiger partial charge in [0.05, 0.1) is 0 Å². The molecular weight excluding hydrogens is 134 g/mol. The minimum atomic E-state index is 0.174. The Bertz CT molecular complexity index is 219. The molecule has 0 aromatic rings. The predicted octanol–water partition coefficient (Wildman–Crippen LogP) is 2.02. The van der Waals surface area contributed by atoms with Gasteiger partial charge in [-0.15, -0.1) is 0 Å². The van der Waals surface area contributed by atoms with Crippen molar-refractivity contribution in [2.45, 2.75) is 13.8 Å². The average Bonchev–Trinajstić information content (AvgIpc) is 2.10. The second-order valence-electron chi connectivity index (χ2n) is 3.46. The maximum absolute atomic E-state index is 5.51. The van der Waals surface area contributed by atoms with E-state index >= 15 is 0 Å². The molecule has 60 valence electrons. The molecule has 1 aliphatic rings. The first-order chi connectivity index (χ1) is 5.14. The Morgan fingerprint density at radius 2 is 2.09 bits per heavy atom. The van der Waals surface area contributed by atoms with Crippen LogP contribution in [0.4, 0.5) is 0 Å². The Kier molecular flexibility index (Phi) is 2.30. The van der Waals surface area contributed by atoms with Crippen LogP contribution in [0.5, 0.6) is 0 Å². The van der Waals surface area contributed by atoms with Crippen LogP contribution in [-0.4, -0.2) is 6.54 Å². The molecule has 0 aliphatic heterocycles. The first-order valence-electron chi connectivity index (χ1n) is 3.92. The van der Waals surface area contributed by atoms with Crippen molar-refractivity contribution in [1.82, 2.24) is 0 Å². The maximum atomic E-state index is 5.51. The van der Waals surface area contributed by atoms with E-state index in [9.17, 15) is 0 Å². The number of hydrogen-bond acceptors (Lipinski definition) is 1. The second kappa shape index (κ2) is 3.05. The average molecular weight is 149 g/mol. The summed E-state index contributed by atoms with van der Waals surface area (Å²) in [5, 5.41) is 0. The van der Waals surface area contributed by atoms with Crippen LogP contribution < -0.4 is 5.73 Å². The Morgan fingerprint density at radius 1 is 1.36 bits per heavy atom. The van der Waals surface area contributed by atoms with Gasteiger partial charge in [0.25, 0.3) is 0 Å². The zero-order chi connectivity index (χ0) is 8.32. The Morgan fingerprint density at radius 3 is 2.73 bits per heavy atom. The molecule has 0 heterocycles. The highest BCUT2D eigenvalue weighted by Crippen LogP contribution is 2.21. The quantitative estimate of drug-likeness (QED) is 0.606. The highest BCUT2D eigenvalue weighted by Gasteiger charge is 2.09. The molecule has 0 amide bonds. The van der Waals surface area contributed by atoms with Crippen LogP contribution in [0.25, 0.3) is 0 Å². The highest BCUT2D eigenvalue weighted by atomic mass is 14.5. The van der Waals surface area contributed by atoms with Crippen LogP contribution in [-0.2, 0) is 0 Å². The van der Waals surface area contributed by atoms with Crippen molar-refractivity contribution in [3.05, 3.63) is 36.0 Å². The molecule has 0 saturated carbocycles. The molecule has 0 saturated heterocycles. The van der Waals surface area contributed by atoms with Gasteiger partial charge in [0.2, 0.25) is 0 Å². The largest absolute Gasteiger partial charge is 0.326 e. The van der Waals surface area contributed by atoms with Crippen molar-refractivity contribution < 1.29 is 0 Å². The fourth-order valence-electron chi connectivity index (χ4n) is 0.989. The summed E-state index contributed by atoms with van der Waals surface area (Å²) >= 11 is 0. The summed E-state index contributed by atoms with van der Waals surface area (Å²) in [6, 6.07) is 0. The van der Waals surface area contributed by atoms with Gasteiger partial charge < -0.3 is 5.73 Å². The Labute approximate surface area is 68.3 Å². The topological polar surface area (TPSA) is 26.0 Å². The van der Waals surface area contributed by atoms with Crippen LogP contribution >= 0.6 is 0 Å². The summed E-state index contributed by atoms with van der Waals surface area (Å²) in [6.07, 6.45) is 10.6. The number of nitrogens with two attached hydrogens (primary N) is 1. The van der Waals surface area contributed by atoms with Crippen LogP contribution in [0, 0.1) is 5.41 Å². The highest BCUT2D eigenvalue weighted by molar-refractivity contribution is 5.31. The molecule has 0 aromatic heterocycles. The van der Waals surface area contributed by atoms with Crippen LogP contribution in [0.1, 0.15) is 13.8 Å². The van der Waals surface area contributed by atoms with E-state index in [0.29, 0.717) is 6.54 Å². The third kappa shape index (κ3) is 2.35. The molecule has 0 unspecified atom stereocenters. The van der Waals surface area contributed by atoms with Gasteiger partial charge in [0.1, 0.15) is 0 Å². The van der Waals surface area contributed by atoms with Crippen LogP contribution in [0.15, 0.2) is 36.0 Å².